The van der Waals surface area contributed by atoms with Crippen molar-refractivity contribution in [3.63, 3.8) is 0 Å². The molecule has 2 heterocycles. The molecule has 1 aromatic carbocycles. The molecule has 0 radical (unpaired) electrons. The molecule has 86 valence electrons. The van der Waals surface area contributed by atoms with E-state index in [0.717, 1.165) is 10.7 Å². The van der Waals surface area contributed by atoms with Crippen molar-refractivity contribution in [1.29, 1.82) is 0 Å². The van der Waals surface area contributed by atoms with Crippen molar-refractivity contribution < 1.29 is 0 Å². The minimum atomic E-state index is 1.05. The van der Waals surface area contributed by atoms with Crippen LogP contribution in [0.3, 0.4) is 0 Å². The highest BCUT2D eigenvalue weighted by atomic mass is 32.1. The van der Waals surface area contributed by atoms with Crippen molar-refractivity contribution in [2.75, 3.05) is 0 Å². The molecule has 0 atom stereocenters. The quantitative estimate of drug-likeness (QED) is 0.630. The van der Waals surface area contributed by atoms with Gasteiger partial charge in [-0.2, -0.15) is 0 Å². The maximum atomic E-state index is 4.68. The largest absolute Gasteiger partial charge is 0.297 e. The second-order valence-electron chi connectivity index (χ2n) is 4.49. The first-order chi connectivity index (χ1) is 8.15. The SMILES string of the molecule is Cc1cc(C)c(-c2cn3ccsc3n2)c(C)c1. The van der Waals surface area contributed by atoms with E-state index in [-0.39, 0.29) is 0 Å². The van der Waals surface area contributed by atoms with Crippen LogP contribution in [0.1, 0.15) is 16.7 Å². The van der Waals surface area contributed by atoms with Gasteiger partial charge in [0.15, 0.2) is 4.96 Å². The molecule has 2 nitrogen and oxygen atoms in total. The van der Waals surface area contributed by atoms with Crippen molar-refractivity contribution in [3.05, 3.63) is 46.6 Å². The van der Waals surface area contributed by atoms with Gasteiger partial charge in [0.25, 0.3) is 0 Å². The first-order valence-corrected chi connectivity index (χ1v) is 6.53. The highest BCUT2D eigenvalue weighted by Crippen LogP contribution is 2.28. The fraction of sp³-hybridized carbons (Fsp3) is 0.214. The molecule has 0 bridgehead atoms. The molecule has 0 aliphatic carbocycles. The van der Waals surface area contributed by atoms with Crippen LogP contribution in [0, 0.1) is 20.8 Å². The summed E-state index contributed by atoms with van der Waals surface area (Å²) in [6.45, 7) is 6.45. The number of benzene rings is 1. The zero-order valence-electron chi connectivity index (χ0n) is 10.2. The number of thiazole rings is 1. The topological polar surface area (TPSA) is 17.3 Å². The van der Waals surface area contributed by atoms with Crippen LogP contribution in [-0.2, 0) is 0 Å². The van der Waals surface area contributed by atoms with Gasteiger partial charge in [-0.1, -0.05) is 17.7 Å². The molecule has 0 fully saturated rings. The summed E-state index contributed by atoms with van der Waals surface area (Å²) >= 11 is 1.67. The van der Waals surface area contributed by atoms with E-state index >= 15 is 0 Å². The summed E-state index contributed by atoms with van der Waals surface area (Å²) in [6, 6.07) is 4.44. The summed E-state index contributed by atoms with van der Waals surface area (Å²) in [5.41, 5.74) is 6.25. The van der Waals surface area contributed by atoms with Crippen LogP contribution in [0.4, 0.5) is 0 Å². The van der Waals surface area contributed by atoms with E-state index in [1.54, 1.807) is 11.3 Å². The van der Waals surface area contributed by atoms with Crippen LogP contribution < -0.4 is 0 Å². The Kier molecular flexibility index (Phi) is 2.30. The summed E-state index contributed by atoms with van der Waals surface area (Å²) in [5.74, 6) is 0. The number of hydrogen-bond acceptors (Lipinski definition) is 2. The van der Waals surface area contributed by atoms with Crippen molar-refractivity contribution in [3.8, 4) is 11.3 Å². The van der Waals surface area contributed by atoms with Gasteiger partial charge in [-0.3, -0.25) is 4.40 Å². The minimum absolute atomic E-state index is 1.05. The fourth-order valence-corrected chi connectivity index (χ4v) is 3.13. The summed E-state index contributed by atoms with van der Waals surface area (Å²) in [7, 11) is 0. The van der Waals surface area contributed by atoms with E-state index < -0.39 is 0 Å². The summed E-state index contributed by atoms with van der Waals surface area (Å²) in [5, 5.41) is 2.06. The third kappa shape index (κ3) is 1.67. The smallest absolute Gasteiger partial charge is 0.194 e. The normalized spacial score (nSPS) is 11.2. The van der Waals surface area contributed by atoms with Gasteiger partial charge in [-0.25, -0.2) is 4.98 Å². The zero-order chi connectivity index (χ0) is 12.0. The minimum Gasteiger partial charge on any atom is -0.297 e. The number of imidazole rings is 1. The lowest BCUT2D eigenvalue weighted by Crippen LogP contribution is -1.90. The van der Waals surface area contributed by atoms with Crippen LogP contribution in [0.2, 0.25) is 0 Å². The first-order valence-electron chi connectivity index (χ1n) is 5.65. The fourth-order valence-electron chi connectivity index (χ4n) is 2.43. The van der Waals surface area contributed by atoms with E-state index in [4.69, 9.17) is 0 Å². The molecule has 2 aromatic heterocycles. The molecule has 0 unspecified atom stereocenters. The van der Waals surface area contributed by atoms with Gasteiger partial charge in [-0.15, -0.1) is 11.3 Å². The lowest BCUT2D eigenvalue weighted by molar-refractivity contribution is 1.23. The molecule has 0 amide bonds. The maximum Gasteiger partial charge on any atom is 0.194 e. The molecule has 0 aliphatic rings. The molecule has 3 aromatic rings. The molecule has 0 saturated heterocycles. The van der Waals surface area contributed by atoms with Crippen molar-refractivity contribution in [1.82, 2.24) is 9.38 Å². The van der Waals surface area contributed by atoms with E-state index in [2.05, 4.69) is 60.1 Å². The second-order valence-corrected chi connectivity index (χ2v) is 5.37. The molecule has 3 heteroatoms. The predicted octanol–water partition coefficient (Wildman–Crippen LogP) is 3.99. The Balaban J connectivity index is 2.25. The van der Waals surface area contributed by atoms with E-state index in [1.165, 1.54) is 22.3 Å². The Morgan fingerprint density at radius 2 is 1.82 bits per heavy atom. The van der Waals surface area contributed by atoms with Crippen LogP contribution in [0.5, 0.6) is 0 Å². The third-order valence-corrected chi connectivity index (χ3v) is 3.80. The number of fused-ring (bicyclic) bond motifs is 1. The standard InChI is InChI=1S/C14H14N2S/c1-9-6-10(2)13(11(3)7-9)12-8-16-4-5-17-14(16)15-12/h4-8H,1-3H3. The molecule has 0 aliphatic heterocycles. The molecule has 0 spiro atoms. The van der Waals surface area contributed by atoms with Gasteiger partial charge in [0, 0.05) is 23.3 Å². The first kappa shape index (κ1) is 10.5. The predicted molar refractivity (Wildman–Crippen MR) is 72.7 cm³/mol. The summed E-state index contributed by atoms with van der Waals surface area (Å²) < 4.78 is 2.08. The Morgan fingerprint density at radius 3 is 2.47 bits per heavy atom. The molecular formula is C14H14N2S. The van der Waals surface area contributed by atoms with E-state index in [9.17, 15) is 0 Å². The highest BCUT2D eigenvalue weighted by molar-refractivity contribution is 7.15. The number of nitrogens with zero attached hydrogens (tertiary/aromatic N) is 2. The van der Waals surface area contributed by atoms with Gasteiger partial charge in [0.2, 0.25) is 0 Å². The zero-order valence-corrected chi connectivity index (χ0v) is 11.0. The number of rotatable bonds is 1. The van der Waals surface area contributed by atoms with Gasteiger partial charge >= 0.3 is 0 Å². The maximum absolute atomic E-state index is 4.68. The average molecular weight is 242 g/mol. The molecule has 0 N–H and O–H groups in total. The van der Waals surface area contributed by atoms with Crippen molar-refractivity contribution >= 4 is 16.3 Å². The van der Waals surface area contributed by atoms with Crippen LogP contribution in [0.15, 0.2) is 29.9 Å². The second kappa shape index (κ2) is 3.70. The molecular weight excluding hydrogens is 228 g/mol. The Labute approximate surface area is 105 Å². The van der Waals surface area contributed by atoms with Gasteiger partial charge < -0.3 is 0 Å². The Hall–Kier alpha value is -1.61. The van der Waals surface area contributed by atoms with Crippen LogP contribution in [-0.4, -0.2) is 9.38 Å². The number of hydrogen-bond donors (Lipinski definition) is 0. The van der Waals surface area contributed by atoms with Gasteiger partial charge in [0.05, 0.1) is 5.69 Å². The van der Waals surface area contributed by atoms with Crippen LogP contribution >= 0.6 is 11.3 Å². The summed E-state index contributed by atoms with van der Waals surface area (Å²) in [4.78, 5) is 5.73. The van der Waals surface area contributed by atoms with Crippen molar-refractivity contribution in [2.45, 2.75) is 20.8 Å². The Bertz CT molecular complexity index is 640. The number of aromatic nitrogens is 2. The number of aryl methyl sites for hydroxylation is 3. The third-order valence-electron chi connectivity index (χ3n) is 3.03. The van der Waals surface area contributed by atoms with Crippen LogP contribution in [0.25, 0.3) is 16.2 Å². The van der Waals surface area contributed by atoms with Gasteiger partial charge in [0.1, 0.15) is 0 Å². The van der Waals surface area contributed by atoms with E-state index in [1.807, 2.05) is 0 Å². The van der Waals surface area contributed by atoms with E-state index in [0.29, 0.717) is 0 Å². The lowest BCUT2D eigenvalue weighted by atomic mass is 9.98. The molecule has 17 heavy (non-hydrogen) atoms. The Morgan fingerprint density at radius 1 is 1.12 bits per heavy atom. The van der Waals surface area contributed by atoms with Crippen molar-refractivity contribution in [2.24, 2.45) is 0 Å². The average Bonchev–Trinajstić information content (AvgIpc) is 2.75. The summed E-state index contributed by atoms with van der Waals surface area (Å²) in [6.07, 6.45) is 4.16. The molecule has 3 rings (SSSR count). The monoisotopic (exact) mass is 242 g/mol. The lowest BCUT2D eigenvalue weighted by Gasteiger charge is -2.08. The molecule has 0 saturated carbocycles. The van der Waals surface area contributed by atoms with Gasteiger partial charge in [-0.05, 0) is 31.9 Å². The highest BCUT2D eigenvalue weighted by Gasteiger charge is 2.10.